The third kappa shape index (κ3) is 4.01. The van der Waals surface area contributed by atoms with Crippen LogP contribution in [-0.2, 0) is 0 Å². The van der Waals surface area contributed by atoms with Gasteiger partial charge < -0.3 is 15.5 Å². The Kier molecular flexibility index (Phi) is 5.83. The van der Waals surface area contributed by atoms with Crippen molar-refractivity contribution < 1.29 is 4.79 Å². The number of hydrogen-bond donors (Lipinski definition) is 1. The van der Waals surface area contributed by atoms with E-state index in [4.69, 9.17) is 5.73 Å². The summed E-state index contributed by atoms with van der Waals surface area (Å²) in [7, 11) is 2.08. The Hall–Kier alpha value is -1.55. The zero-order valence-corrected chi connectivity index (χ0v) is 14.1. The normalized spacial score (nSPS) is 17.4. The molecule has 22 heavy (non-hydrogen) atoms. The zero-order valence-electron chi connectivity index (χ0n) is 14.1. The quantitative estimate of drug-likeness (QED) is 0.910. The molecule has 0 aromatic heterocycles. The van der Waals surface area contributed by atoms with Crippen LogP contribution in [0.4, 0.5) is 5.69 Å². The van der Waals surface area contributed by atoms with Crippen LogP contribution in [0.25, 0.3) is 0 Å². The van der Waals surface area contributed by atoms with E-state index in [0.717, 1.165) is 50.1 Å². The molecule has 4 nitrogen and oxygen atoms in total. The Morgan fingerprint density at radius 3 is 2.41 bits per heavy atom. The summed E-state index contributed by atoms with van der Waals surface area (Å²) >= 11 is 0. The molecule has 0 aliphatic carbocycles. The van der Waals surface area contributed by atoms with Crippen molar-refractivity contribution in [2.24, 2.45) is 11.7 Å². The van der Waals surface area contributed by atoms with Crippen molar-refractivity contribution in [2.75, 3.05) is 31.6 Å². The maximum atomic E-state index is 12.6. The molecule has 1 aliphatic heterocycles. The Balaban J connectivity index is 1.96. The van der Waals surface area contributed by atoms with Crippen molar-refractivity contribution in [3.8, 4) is 0 Å². The highest BCUT2D eigenvalue weighted by Crippen LogP contribution is 2.22. The molecule has 0 spiro atoms. The van der Waals surface area contributed by atoms with Crippen LogP contribution in [-0.4, -0.2) is 43.5 Å². The molecular formula is C18H29N3O. The first kappa shape index (κ1) is 16.8. The van der Waals surface area contributed by atoms with Crippen LogP contribution in [0.15, 0.2) is 24.3 Å². The second kappa shape index (κ2) is 7.63. The average molecular weight is 303 g/mol. The molecule has 1 aromatic carbocycles. The lowest BCUT2D eigenvalue weighted by Gasteiger charge is -2.33. The molecule has 2 rings (SSSR count). The van der Waals surface area contributed by atoms with Gasteiger partial charge in [0.25, 0.3) is 5.91 Å². The fourth-order valence-corrected chi connectivity index (χ4v) is 3.13. The van der Waals surface area contributed by atoms with Crippen LogP contribution < -0.4 is 10.6 Å². The van der Waals surface area contributed by atoms with Crippen molar-refractivity contribution in [3.05, 3.63) is 29.8 Å². The number of piperidine rings is 1. The van der Waals surface area contributed by atoms with Crippen molar-refractivity contribution >= 4 is 11.6 Å². The number of amides is 1. The number of carbonyl (C=O) groups is 1. The van der Waals surface area contributed by atoms with Crippen LogP contribution in [0.5, 0.6) is 0 Å². The molecule has 2 N–H and O–H groups in total. The highest BCUT2D eigenvalue weighted by Gasteiger charge is 2.25. The van der Waals surface area contributed by atoms with E-state index < -0.39 is 0 Å². The molecule has 1 fully saturated rings. The second-order valence-electron chi connectivity index (χ2n) is 6.46. The van der Waals surface area contributed by atoms with E-state index in [1.807, 2.05) is 29.2 Å². The summed E-state index contributed by atoms with van der Waals surface area (Å²) in [5.41, 5.74) is 7.91. The minimum Gasteiger partial charge on any atom is -0.375 e. The molecule has 1 aromatic rings. The minimum atomic E-state index is 0.146. The van der Waals surface area contributed by atoms with E-state index in [2.05, 4.69) is 25.8 Å². The molecule has 1 aliphatic rings. The smallest absolute Gasteiger partial charge is 0.253 e. The van der Waals surface area contributed by atoms with Gasteiger partial charge in [-0.2, -0.15) is 0 Å². The maximum Gasteiger partial charge on any atom is 0.253 e. The lowest BCUT2D eigenvalue weighted by atomic mass is 9.90. The second-order valence-corrected chi connectivity index (χ2v) is 6.46. The van der Waals surface area contributed by atoms with Gasteiger partial charge in [-0.15, -0.1) is 0 Å². The highest BCUT2D eigenvalue weighted by atomic mass is 16.2. The summed E-state index contributed by atoms with van der Waals surface area (Å²) in [6, 6.07) is 8.20. The van der Waals surface area contributed by atoms with Gasteiger partial charge in [0.1, 0.15) is 0 Å². The molecule has 1 unspecified atom stereocenters. The van der Waals surface area contributed by atoms with Crippen molar-refractivity contribution in [1.82, 2.24) is 4.90 Å². The van der Waals surface area contributed by atoms with Gasteiger partial charge >= 0.3 is 0 Å². The van der Waals surface area contributed by atoms with E-state index in [0.29, 0.717) is 5.92 Å². The predicted molar refractivity (Wildman–Crippen MR) is 92.3 cm³/mol. The fourth-order valence-electron chi connectivity index (χ4n) is 3.13. The van der Waals surface area contributed by atoms with Gasteiger partial charge in [0.15, 0.2) is 0 Å². The van der Waals surface area contributed by atoms with E-state index >= 15 is 0 Å². The van der Waals surface area contributed by atoms with Crippen LogP contribution in [0.1, 0.15) is 43.5 Å². The number of anilines is 1. The first-order valence-corrected chi connectivity index (χ1v) is 8.39. The molecule has 0 bridgehead atoms. The number of hydrogen-bond acceptors (Lipinski definition) is 3. The van der Waals surface area contributed by atoms with Gasteiger partial charge in [0.05, 0.1) is 0 Å². The van der Waals surface area contributed by atoms with Crippen LogP contribution >= 0.6 is 0 Å². The molecule has 1 heterocycles. The highest BCUT2D eigenvalue weighted by molar-refractivity contribution is 5.94. The Morgan fingerprint density at radius 2 is 1.91 bits per heavy atom. The summed E-state index contributed by atoms with van der Waals surface area (Å²) in [6.07, 6.45) is 3.15. The van der Waals surface area contributed by atoms with Gasteiger partial charge in [-0.25, -0.2) is 0 Å². The van der Waals surface area contributed by atoms with Crippen LogP contribution in [0.2, 0.25) is 0 Å². The number of nitrogens with two attached hydrogens (primary N) is 1. The van der Waals surface area contributed by atoms with E-state index in [1.165, 1.54) is 0 Å². The maximum absolute atomic E-state index is 12.6. The van der Waals surface area contributed by atoms with Crippen LogP contribution in [0.3, 0.4) is 0 Å². The third-order valence-corrected chi connectivity index (χ3v) is 4.68. The van der Waals surface area contributed by atoms with Crippen molar-refractivity contribution in [2.45, 2.75) is 39.2 Å². The zero-order chi connectivity index (χ0) is 16.1. The first-order valence-electron chi connectivity index (χ1n) is 8.39. The SMILES string of the molecule is CCCN(C)c1ccc(C(=O)N2CCC(C(C)N)CC2)cc1. The molecular weight excluding hydrogens is 274 g/mol. The van der Waals surface area contributed by atoms with Crippen molar-refractivity contribution in [3.63, 3.8) is 0 Å². The number of nitrogens with zero attached hydrogens (tertiary/aromatic N) is 2. The van der Waals surface area contributed by atoms with Gasteiger partial charge in [-0.05, 0) is 56.4 Å². The molecule has 122 valence electrons. The van der Waals surface area contributed by atoms with E-state index in [9.17, 15) is 4.79 Å². The van der Waals surface area contributed by atoms with Gasteiger partial charge in [0, 0.05) is 44.0 Å². The predicted octanol–water partition coefficient (Wildman–Crippen LogP) is 2.73. The third-order valence-electron chi connectivity index (χ3n) is 4.68. The van der Waals surface area contributed by atoms with Gasteiger partial charge in [0.2, 0.25) is 0 Å². The summed E-state index contributed by atoms with van der Waals surface area (Å²) in [5, 5.41) is 0. The molecule has 0 saturated carbocycles. The lowest BCUT2D eigenvalue weighted by Crippen LogP contribution is -2.42. The molecule has 1 amide bonds. The largest absolute Gasteiger partial charge is 0.375 e. The number of likely N-dealkylation sites (tertiary alicyclic amines) is 1. The summed E-state index contributed by atoms with van der Waals surface area (Å²) < 4.78 is 0. The topological polar surface area (TPSA) is 49.6 Å². The molecule has 4 heteroatoms. The van der Waals surface area contributed by atoms with Gasteiger partial charge in [-0.3, -0.25) is 4.79 Å². The Morgan fingerprint density at radius 1 is 1.32 bits per heavy atom. The molecule has 1 atom stereocenters. The van der Waals surface area contributed by atoms with Crippen molar-refractivity contribution in [1.29, 1.82) is 0 Å². The number of carbonyl (C=O) groups excluding carboxylic acids is 1. The Bertz CT molecular complexity index is 476. The Labute approximate surface area is 134 Å². The fraction of sp³-hybridized carbons (Fsp3) is 0.611. The molecule has 1 saturated heterocycles. The lowest BCUT2D eigenvalue weighted by molar-refractivity contribution is 0.0681. The average Bonchev–Trinajstić information content (AvgIpc) is 2.54. The first-order chi connectivity index (χ1) is 10.5. The summed E-state index contributed by atoms with van der Waals surface area (Å²) in [6.45, 7) is 6.90. The number of benzene rings is 1. The van der Waals surface area contributed by atoms with Crippen LogP contribution in [0, 0.1) is 5.92 Å². The summed E-state index contributed by atoms with van der Waals surface area (Å²) in [4.78, 5) is 16.7. The van der Waals surface area contributed by atoms with E-state index in [1.54, 1.807) is 0 Å². The van der Waals surface area contributed by atoms with Gasteiger partial charge in [-0.1, -0.05) is 6.92 Å². The van der Waals surface area contributed by atoms with E-state index in [-0.39, 0.29) is 11.9 Å². The minimum absolute atomic E-state index is 0.146. The summed E-state index contributed by atoms with van der Waals surface area (Å²) in [5.74, 6) is 0.696. The number of rotatable bonds is 5. The monoisotopic (exact) mass is 303 g/mol. The molecule has 0 radical (unpaired) electrons. The standard InChI is InChI=1S/C18H29N3O/c1-4-11-20(3)17-7-5-16(6-8-17)18(22)21-12-9-15(10-13-21)14(2)19/h5-8,14-15H,4,9-13,19H2,1-3H3.